The maximum atomic E-state index is 6.23. The lowest BCUT2D eigenvalue weighted by Gasteiger charge is -2.05. The molecule has 0 aromatic carbocycles. The van der Waals surface area contributed by atoms with Crippen molar-refractivity contribution in [1.82, 2.24) is 19.6 Å². The highest BCUT2D eigenvalue weighted by Gasteiger charge is 2.25. The van der Waals surface area contributed by atoms with Crippen LogP contribution in [0.5, 0.6) is 0 Å². The van der Waals surface area contributed by atoms with Gasteiger partial charge in [0.15, 0.2) is 11.5 Å². The van der Waals surface area contributed by atoms with Crippen LogP contribution >= 0.6 is 11.3 Å². The highest BCUT2D eigenvalue weighted by Crippen LogP contribution is 2.42. The molecule has 3 aromatic heterocycles. The summed E-state index contributed by atoms with van der Waals surface area (Å²) in [4.78, 5) is 5.92. The molecule has 0 atom stereocenters. The molecule has 0 fully saturated rings. The van der Waals surface area contributed by atoms with Crippen molar-refractivity contribution in [2.24, 2.45) is 0 Å². The molecule has 1 aliphatic carbocycles. The zero-order valence-corrected chi connectivity index (χ0v) is 12.3. The Balaban J connectivity index is 2.05. The lowest BCUT2D eigenvalue weighted by atomic mass is 10.1. The molecule has 0 saturated carbocycles. The molecule has 0 aliphatic heterocycles. The predicted molar refractivity (Wildman–Crippen MR) is 80.0 cm³/mol. The van der Waals surface area contributed by atoms with Gasteiger partial charge in [-0.05, 0) is 38.7 Å². The van der Waals surface area contributed by atoms with Gasteiger partial charge in [0.25, 0.3) is 0 Å². The van der Waals surface area contributed by atoms with Crippen LogP contribution < -0.4 is 5.73 Å². The summed E-state index contributed by atoms with van der Waals surface area (Å²) >= 11 is 1.70. The molecule has 0 spiro atoms. The standard InChI is InChI=1S/C14H15N5S/c1-7-6-11-17-18-14(19(11)8(2)16-7)12-9-4-3-5-10(9)20-13(12)15/h6H,3-5,15H2,1-2H3. The van der Waals surface area contributed by atoms with Gasteiger partial charge < -0.3 is 5.73 Å². The van der Waals surface area contributed by atoms with E-state index in [1.54, 1.807) is 11.3 Å². The first-order valence-electron chi connectivity index (χ1n) is 6.75. The van der Waals surface area contributed by atoms with Gasteiger partial charge in [0.1, 0.15) is 5.82 Å². The summed E-state index contributed by atoms with van der Waals surface area (Å²) in [7, 11) is 0. The molecule has 3 heterocycles. The van der Waals surface area contributed by atoms with Crippen molar-refractivity contribution in [3.63, 3.8) is 0 Å². The van der Waals surface area contributed by atoms with Crippen molar-refractivity contribution in [3.05, 3.63) is 28.0 Å². The largest absolute Gasteiger partial charge is 0.390 e. The van der Waals surface area contributed by atoms with E-state index in [9.17, 15) is 0 Å². The summed E-state index contributed by atoms with van der Waals surface area (Å²) in [6.45, 7) is 3.95. The molecule has 0 bridgehead atoms. The van der Waals surface area contributed by atoms with Crippen LogP contribution in [0.4, 0.5) is 5.00 Å². The number of aryl methyl sites for hydroxylation is 3. The fourth-order valence-corrected chi connectivity index (χ4v) is 4.22. The minimum absolute atomic E-state index is 0.835. The Labute approximate surface area is 120 Å². The maximum absolute atomic E-state index is 6.23. The summed E-state index contributed by atoms with van der Waals surface area (Å²) in [6, 6.07) is 1.95. The third kappa shape index (κ3) is 1.51. The Bertz CT molecular complexity index is 830. The second-order valence-electron chi connectivity index (χ2n) is 5.26. The fraction of sp³-hybridized carbons (Fsp3) is 0.357. The van der Waals surface area contributed by atoms with Gasteiger partial charge in [0, 0.05) is 16.6 Å². The Morgan fingerprint density at radius 2 is 2.10 bits per heavy atom. The average Bonchev–Trinajstić information content (AvgIpc) is 3.02. The van der Waals surface area contributed by atoms with Crippen LogP contribution in [0.15, 0.2) is 6.07 Å². The molecule has 0 saturated heterocycles. The lowest BCUT2D eigenvalue weighted by molar-refractivity contribution is 0.912. The van der Waals surface area contributed by atoms with E-state index in [2.05, 4.69) is 15.2 Å². The Kier molecular flexibility index (Phi) is 2.38. The van der Waals surface area contributed by atoms with Gasteiger partial charge in [-0.25, -0.2) is 4.98 Å². The van der Waals surface area contributed by atoms with E-state index in [4.69, 9.17) is 5.73 Å². The summed E-state index contributed by atoms with van der Waals surface area (Å²) in [5.74, 6) is 1.74. The monoisotopic (exact) mass is 285 g/mol. The fourth-order valence-electron chi connectivity index (χ4n) is 3.07. The topological polar surface area (TPSA) is 69.1 Å². The van der Waals surface area contributed by atoms with Crippen LogP contribution in [0.1, 0.15) is 28.4 Å². The molecule has 1 aliphatic rings. The van der Waals surface area contributed by atoms with Gasteiger partial charge in [0.2, 0.25) is 0 Å². The van der Waals surface area contributed by atoms with Crippen LogP contribution in [0.2, 0.25) is 0 Å². The predicted octanol–water partition coefficient (Wildman–Crippen LogP) is 2.54. The van der Waals surface area contributed by atoms with E-state index in [0.29, 0.717) is 0 Å². The van der Waals surface area contributed by atoms with E-state index in [0.717, 1.165) is 46.4 Å². The van der Waals surface area contributed by atoms with Gasteiger partial charge >= 0.3 is 0 Å². The SMILES string of the molecule is Cc1cc2nnc(-c3c(N)sc4c3CCC4)n2c(C)n1. The van der Waals surface area contributed by atoms with Crippen molar-refractivity contribution in [2.75, 3.05) is 5.73 Å². The first-order chi connectivity index (χ1) is 9.65. The highest BCUT2D eigenvalue weighted by molar-refractivity contribution is 7.16. The molecule has 5 nitrogen and oxygen atoms in total. The van der Waals surface area contributed by atoms with Gasteiger partial charge in [-0.1, -0.05) is 0 Å². The maximum Gasteiger partial charge on any atom is 0.173 e. The van der Waals surface area contributed by atoms with E-state index in [1.807, 2.05) is 24.3 Å². The number of hydrogen-bond donors (Lipinski definition) is 1. The summed E-state index contributed by atoms with van der Waals surface area (Å²) in [6.07, 6.45) is 3.43. The van der Waals surface area contributed by atoms with Crippen molar-refractivity contribution < 1.29 is 0 Å². The smallest absolute Gasteiger partial charge is 0.173 e. The molecule has 0 unspecified atom stereocenters. The number of nitrogen functional groups attached to an aromatic ring is 1. The minimum atomic E-state index is 0.835. The molecule has 6 heteroatoms. The molecule has 102 valence electrons. The number of anilines is 1. The minimum Gasteiger partial charge on any atom is -0.390 e. The molecular formula is C14H15N5S. The Morgan fingerprint density at radius 1 is 1.25 bits per heavy atom. The van der Waals surface area contributed by atoms with Crippen LogP contribution in [0.3, 0.4) is 0 Å². The van der Waals surface area contributed by atoms with Gasteiger partial charge in [0.05, 0.1) is 10.6 Å². The van der Waals surface area contributed by atoms with E-state index in [1.165, 1.54) is 16.9 Å². The summed E-state index contributed by atoms with van der Waals surface area (Å²) in [5, 5.41) is 9.51. The third-order valence-corrected chi connectivity index (χ3v) is 4.98. The van der Waals surface area contributed by atoms with E-state index >= 15 is 0 Å². The second-order valence-corrected chi connectivity index (χ2v) is 6.40. The first-order valence-corrected chi connectivity index (χ1v) is 7.56. The van der Waals surface area contributed by atoms with Crippen LogP contribution in [-0.4, -0.2) is 19.6 Å². The molecular weight excluding hydrogens is 270 g/mol. The number of nitrogens with two attached hydrogens (primary N) is 1. The molecule has 2 N–H and O–H groups in total. The first kappa shape index (κ1) is 11.8. The average molecular weight is 285 g/mol. The lowest BCUT2D eigenvalue weighted by Crippen LogP contribution is -2.01. The van der Waals surface area contributed by atoms with Crippen LogP contribution in [-0.2, 0) is 12.8 Å². The molecule has 20 heavy (non-hydrogen) atoms. The second kappa shape index (κ2) is 4.02. The van der Waals surface area contributed by atoms with Crippen molar-refractivity contribution >= 4 is 22.0 Å². The third-order valence-electron chi connectivity index (χ3n) is 3.86. The van der Waals surface area contributed by atoms with Crippen molar-refractivity contribution in [3.8, 4) is 11.4 Å². The van der Waals surface area contributed by atoms with Crippen LogP contribution in [0.25, 0.3) is 17.0 Å². The van der Waals surface area contributed by atoms with Gasteiger partial charge in [-0.15, -0.1) is 21.5 Å². The highest BCUT2D eigenvalue weighted by atomic mass is 32.1. The van der Waals surface area contributed by atoms with Crippen LogP contribution in [0, 0.1) is 13.8 Å². The van der Waals surface area contributed by atoms with Crippen molar-refractivity contribution in [2.45, 2.75) is 33.1 Å². The normalized spacial score (nSPS) is 14.1. The number of thiophene rings is 1. The summed E-state index contributed by atoms with van der Waals surface area (Å²) < 4.78 is 2.00. The molecule has 0 amide bonds. The molecule has 0 radical (unpaired) electrons. The number of aromatic nitrogens is 4. The van der Waals surface area contributed by atoms with Crippen molar-refractivity contribution in [1.29, 1.82) is 0 Å². The zero-order valence-electron chi connectivity index (χ0n) is 11.5. The van der Waals surface area contributed by atoms with Gasteiger partial charge in [-0.2, -0.15) is 0 Å². The Morgan fingerprint density at radius 3 is 2.95 bits per heavy atom. The summed E-state index contributed by atoms with van der Waals surface area (Å²) in [5.41, 5.74) is 10.5. The number of fused-ring (bicyclic) bond motifs is 2. The number of nitrogens with zero attached hydrogens (tertiary/aromatic N) is 4. The number of rotatable bonds is 1. The zero-order chi connectivity index (χ0) is 13.9. The van der Waals surface area contributed by atoms with Gasteiger partial charge in [-0.3, -0.25) is 4.40 Å². The Hall–Kier alpha value is -1.95. The quantitative estimate of drug-likeness (QED) is 0.746. The van der Waals surface area contributed by atoms with E-state index < -0.39 is 0 Å². The van der Waals surface area contributed by atoms with E-state index in [-0.39, 0.29) is 0 Å². The number of hydrogen-bond acceptors (Lipinski definition) is 5. The molecule has 3 aromatic rings. The molecule has 4 rings (SSSR count).